The molecular formula is C25H38N2O5S2. The molecule has 9 heteroatoms. The van der Waals surface area contributed by atoms with Crippen molar-refractivity contribution in [1.82, 2.24) is 5.32 Å². The Morgan fingerprint density at radius 3 is 2.47 bits per heavy atom. The van der Waals surface area contributed by atoms with Gasteiger partial charge in [0.05, 0.1) is 24.7 Å². The van der Waals surface area contributed by atoms with E-state index in [9.17, 15) is 18.6 Å². The normalized spacial score (nSPS) is 13.5. The third kappa shape index (κ3) is 10.7. The molecule has 2 aromatic carbocycles. The predicted octanol–water partition coefficient (Wildman–Crippen LogP) is 4.32. The van der Waals surface area contributed by atoms with Gasteiger partial charge in [-0.15, -0.1) is 11.8 Å². The molecule has 2 rings (SSSR count). The number of anilines is 1. The average Bonchev–Trinajstić information content (AvgIpc) is 2.80. The zero-order valence-corrected chi connectivity index (χ0v) is 21.9. The van der Waals surface area contributed by atoms with Crippen molar-refractivity contribution in [2.24, 2.45) is 0 Å². The Bertz CT molecular complexity index is 968. The Morgan fingerprint density at radius 2 is 1.79 bits per heavy atom. The molecule has 0 amide bonds. The summed E-state index contributed by atoms with van der Waals surface area (Å²) in [6.45, 7) is 3.83. The van der Waals surface area contributed by atoms with E-state index in [0.717, 1.165) is 51.6 Å². The van der Waals surface area contributed by atoms with Crippen LogP contribution in [0.1, 0.15) is 49.8 Å². The number of rotatable bonds is 16. The zero-order valence-electron chi connectivity index (χ0n) is 20.3. The first-order valence-electron chi connectivity index (χ1n) is 11.6. The Balaban J connectivity index is 1.58. The van der Waals surface area contributed by atoms with E-state index in [-0.39, 0.29) is 29.6 Å². The van der Waals surface area contributed by atoms with Crippen LogP contribution < -0.4 is 10.0 Å². The van der Waals surface area contributed by atoms with Crippen LogP contribution in [0.4, 0.5) is 5.69 Å². The van der Waals surface area contributed by atoms with E-state index in [1.807, 2.05) is 0 Å². The van der Waals surface area contributed by atoms with Gasteiger partial charge in [-0.05, 0) is 56.2 Å². The fourth-order valence-electron chi connectivity index (χ4n) is 3.55. The fraction of sp³-hybridized carbons (Fsp3) is 0.520. The van der Waals surface area contributed by atoms with E-state index >= 15 is 0 Å². The van der Waals surface area contributed by atoms with Crippen LogP contribution in [-0.2, 0) is 21.2 Å². The molecule has 2 atom stereocenters. The lowest BCUT2D eigenvalue weighted by molar-refractivity contribution is 0.132. The van der Waals surface area contributed by atoms with Gasteiger partial charge in [0, 0.05) is 29.7 Å². The molecule has 0 aliphatic rings. The summed E-state index contributed by atoms with van der Waals surface area (Å²) in [6.07, 6.45) is 7.20. The van der Waals surface area contributed by atoms with E-state index in [1.54, 1.807) is 23.9 Å². The molecule has 0 spiro atoms. The molecule has 0 aliphatic carbocycles. The van der Waals surface area contributed by atoms with Gasteiger partial charge in [0.1, 0.15) is 5.75 Å². The smallest absolute Gasteiger partial charge is 0.229 e. The molecule has 1 unspecified atom stereocenters. The van der Waals surface area contributed by atoms with Crippen molar-refractivity contribution in [2.45, 2.75) is 56.1 Å². The predicted molar refractivity (Wildman–Crippen MR) is 140 cm³/mol. The lowest BCUT2D eigenvalue weighted by Gasteiger charge is -2.19. The topological polar surface area (TPSA) is 108 Å². The van der Waals surface area contributed by atoms with Crippen molar-refractivity contribution < 1.29 is 23.4 Å². The van der Waals surface area contributed by atoms with Crippen molar-refractivity contribution >= 4 is 27.5 Å². The first-order valence-corrected chi connectivity index (χ1v) is 14.7. The molecular weight excluding hydrogens is 472 g/mol. The number of thioether (sulfide) groups is 1. The summed E-state index contributed by atoms with van der Waals surface area (Å²) in [7, 11) is -3.52. The highest BCUT2D eigenvalue weighted by atomic mass is 32.2. The van der Waals surface area contributed by atoms with Crippen molar-refractivity contribution in [3.8, 4) is 5.75 Å². The molecule has 0 saturated heterocycles. The van der Waals surface area contributed by atoms with Gasteiger partial charge in [-0.2, -0.15) is 0 Å². The summed E-state index contributed by atoms with van der Waals surface area (Å²) in [5.41, 5.74) is 1.64. The molecule has 0 aliphatic heterocycles. The van der Waals surface area contributed by atoms with Crippen LogP contribution in [0.15, 0.2) is 47.4 Å². The van der Waals surface area contributed by atoms with E-state index in [1.165, 1.54) is 16.5 Å². The number of aliphatic hydroxyl groups excluding tert-OH is 1. The second kappa shape index (κ2) is 14.6. The molecule has 7 nitrogen and oxygen atoms in total. The first kappa shape index (κ1) is 28.5. The van der Waals surface area contributed by atoms with Crippen molar-refractivity contribution in [3.63, 3.8) is 0 Å². The fourth-order valence-corrected chi connectivity index (χ4v) is 4.53. The second-order valence-electron chi connectivity index (χ2n) is 8.50. The standard InChI is InChI=1S/C25H38N2O5S2/c1-19(8-5-4-6-16-32-17-15-20-11-13-21(33-2)14-12-20)26-18-24(28)22-9-7-10-23(25(22)29)27-34(3,30)31/h7,9-14,19,24,26-29H,4-6,8,15-18H2,1-3H3/t19?,24-/m1/s1. The average molecular weight is 511 g/mol. The van der Waals surface area contributed by atoms with Gasteiger partial charge < -0.3 is 20.3 Å². The monoisotopic (exact) mass is 510 g/mol. The van der Waals surface area contributed by atoms with Crippen LogP contribution in [-0.4, -0.2) is 56.9 Å². The third-order valence-electron chi connectivity index (χ3n) is 5.50. The molecule has 0 heterocycles. The van der Waals surface area contributed by atoms with Crippen molar-refractivity contribution in [1.29, 1.82) is 0 Å². The number of hydrogen-bond donors (Lipinski definition) is 4. The molecule has 0 radical (unpaired) electrons. The lowest BCUT2D eigenvalue weighted by Crippen LogP contribution is -2.30. The number of aromatic hydroxyl groups is 1. The minimum absolute atomic E-state index is 0.0582. The maximum Gasteiger partial charge on any atom is 0.229 e. The van der Waals surface area contributed by atoms with Gasteiger partial charge in [-0.1, -0.05) is 37.1 Å². The Labute approximate surface area is 208 Å². The Morgan fingerprint density at radius 1 is 1.06 bits per heavy atom. The van der Waals surface area contributed by atoms with Gasteiger partial charge >= 0.3 is 0 Å². The Hall–Kier alpha value is -1.78. The summed E-state index contributed by atoms with van der Waals surface area (Å²) in [5, 5.41) is 24.0. The van der Waals surface area contributed by atoms with Crippen molar-refractivity contribution in [3.05, 3.63) is 53.6 Å². The number of phenols is 1. The molecule has 4 N–H and O–H groups in total. The largest absolute Gasteiger partial charge is 0.505 e. The molecule has 0 fully saturated rings. The molecule has 0 saturated carbocycles. The van der Waals surface area contributed by atoms with Crippen molar-refractivity contribution in [2.75, 3.05) is 37.0 Å². The SMILES string of the molecule is CSc1ccc(CCOCCCCCC(C)NC[C@@H](O)c2cccc(NS(C)(=O)=O)c2O)cc1. The first-order chi connectivity index (χ1) is 16.2. The second-order valence-corrected chi connectivity index (χ2v) is 11.1. The molecule has 0 bridgehead atoms. The van der Waals surface area contributed by atoms with Gasteiger partial charge in [0.25, 0.3) is 0 Å². The highest BCUT2D eigenvalue weighted by Gasteiger charge is 2.17. The summed E-state index contributed by atoms with van der Waals surface area (Å²) < 4.78 is 30.9. The van der Waals surface area contributed by atoms with Crippen LogP contribution in [0, 0.1) is 0 Å². The number of unbranched alkanes of at least 4 members (excludes halogenated alkanes) is 2. The summed E-state index contributed by atoms with van der Waals surface area (Å²) >= 11 is 1.75. The number of sulfonamides is 1. The number of ether oxygens (including phenoxy) is 1. The summed E-state index contributed by atoms with van der Waals surface area (Å²) in [4.78, 5) is 1.28. The van der Waals surface area contributed by atoms with E-state index < -0.39 is 16.1 Å². The highest BCUT2D eigenvalue weighted by molar-refractivity contribution is 7.98. The van der Waals surface area contributed by atoms with Crippen LogP contribution in [0.2, 0.25) is 0 Å². The zero-order chi connectivity index (χ0) is 25.0. The van der Waals surface area contributed by atoms with Gasteiger partial charge in [0.2, 0.25) is 10.0 Å². The minimum Gasteiger partial charge on any atom is -0.505 e. The van der Waals surface area contributed by atoms with Gasteiger partial charge in [-0.3, -0.25) is 4.72 Å². The molecule has 0 aromatic heterocycles. The molecule has 190 valence electrons. The van der Waals surface area contributed by atoms with E-state index in [0.29, 0.717) is 0 Å². The quantitative estimate of drug-likeness (QED) is 0.151. The summed E-state index contributed by atoms with van der Waals surface area (Å²) in [5.74, 6) is -0.258. The molecule has 34 heavy (non-hydrogen) atoms. The Kier molecular flexibility index (Phi) is 12.2. The number of para-hydroxylation sites is 1. The number of phenolic OH excluding ortho intramolecular Hbond substituents is 1. The van der Waals surface area contributed by atoms with Gasteiger partial charge in [-0.25, -0.2) is 8.42 Å². The maximum atomic E-state index is 11.4. The van der Waals surface area contributed by atoms with Crippen LogP contribution in [0.3, 0.4) is 0 Å². The maximum absolute atomic E-state index is 11.4. The van der Waals surface area contributed by atoms with Crippen LogP contribution in [0.25, 0.3) is 0 Å². The summed E-state index contributed by atoms with van der Waals surface area (Å²) in [6, 6.07) is 13.4. The van der Waals surface area contributed by atoms with E-state index in [4.69, 9.17) is 4.74 Å². The van der Waals surface area contributed by atoms with E-state index in [2.05, 4.69) is 47.5 Å². The number of aliphatic hydroxyl groups is 1. The number of benzene rings is 2. The third-order valence-corrected chi connectivity index (χ3v) is 6.84. The number of nitrogens with one attached hydrogen (secondary N) is 2. The minimum atomic E-state index is -3.52. The number of hydrogen-bond acceptors (Lipinski definition) is 7. The lowest BCUT2D eigenvalue weighted by atomic mass is 10.1. The highest BCUT2D eigenvalue weighted by Crippen LogP contribution is 2.32. The van der Waals surface area contributed by atoms with Crippen LogP contribution >= 0.6 is 11.8 Å². The molecule has 2 aromatic rings. The van der Waals surface area contributed by atoms with Gasteiger partial charge in [0.15, 0.2) is 0 Å². The van der Waals surface area contributed by atoms with Crippen LogP contribution in [0.5, 0.6) is 5.75 Å².